The SMILES string of the molecule is CNC(=O)CCCSSC(C)(C)CCC(=O)N(C)[C@@H](C)C(=O)O[C@H]1CC(=O)N(C)c2cc(cc(C=O)c2Cl)C/C(C)=C/C=C/[C@@H](C=O)[C@@]2(O)C[C@H](OC(=O)N2)[C@@H](C)[C@@H]2O[C@@]12C. The van der Waals surface area contributed by atoms with Crippen molar-refractivity contribution in [3.63, 3.8) is 0 Å². The number of halogens is 1. The van der Waals surface area contributed by atoms with Gasteiger partial charge in [0.1, 0.15) is 30.1 Å². The Morgan fingerprint density at radius 2 is 1.93 bits per heavy atom. The second-order valence-electron chi connectivity index (χ2n) is 16.9. The minimum Gasteiger partial charge on any atom is -0.457 e. The maximum absolute atomic E-state index is 14.2. The maximum Gasteiger partial charge on any atom is 0.409 e. The summed E-state index contributed by atoms with van der Waals surface area (Å²) in [4.78, 5) is 93.1. The lowest BCUT2D eigenvalue weighted by Crippen LogP contribution is -2.61. The number of hydrogen-bond acceptors (Lipinski definition) is 13. The molecular weight excluding hydrogens is 848 g/mol. The number of carbonyl (C=O) groups excluding carboxylic acids is 7. The average molecular weight is 908 g/mol. The summed E-state index contributed by atoms with van der Waals surface area (Å²) in [6, 6.07) is 2.24. The molecule has 4 rings (SSSR count). The van der Waals surface area contributed by atoms with Crippen LogP contribution in [0.1, 0.15) is 96.0 Å². The Morgan fingerprint density at radius 1 is 1.23 bits per heavy atom. The first-order chi connectivity index (χ1) is 28.6. The number of esters is 1. The van der Waals surface area contributed by atoms with Gasteiger partial charge in [0, 0.05) is 62.4 Å². The third-order valence-corrected chi connectivity index (χ3v) is 15.5. The van der Waals surface area contributed by atoms with E-state index >= 15 is 0 Å². The number of alkyl carbamates (subject to hydrolysis) is 1. The number of ether oxygens (including phenoxy) is 3. The number of aldehydes is 2. The molecule has 15 nitrogen and oxygen atoms in total. The van der Waals surface area contributed by atoms with Gasteiger partial charge in [0.25, 0.3) is 0 Å². The predicted octanol–water partition coefficient (Wildman–Crippen LogP) is 5.58. The van der Waals surface area contributed by atoms with E-state index in [1.54, 1.807) is 66.8 Å². The van der Waals surface area contributed by atoms with Gasteiger partial charge in [-0.3, -0.25) is 24.5 Å². The Bertz CT molecular complexity index is 1910. The van der Waals surface area contributed by atoms with E-state index in [1.807, 2.05) is 20.8 Å². The summed E-state index contributed by atoms with van der Waals surface area (Å²) in [6.45, 7) is 10.8. The average Bonchev–Trinajstić information content (AvgIpc) is 3.91. The molecule has 0 unspecified atom stereocenters. The number of epoxide rings is 1. The van der Waals surface area contributed by atoms with Gasteiger partial charge in [-0.15, -0.1) is 0 Å². The van der Waals surface area contributed by atoms with Crippen LogP contribution in [0.2, 0.25) is 5.02 Å². The molecule has 18 heteroatoms. The van der Waals surface area contributed by atoms with Gasteiger partial charge < -0.3 is 39.2 Å². The predicted molar refractivity (Wildman–Crippen MR) is 235 cm³/mol. The van der Waals surface area contributed by atoms with Crippen LogP contribution in [0.15, 0.2) is 35.9 Å². The number of benzene rings is 1. The lowest BCUT2D eigenvalue weighted by molar-refractivity contribution is -0.162. The zero-order valence-corrected chi connectivity index (χ0v) is 38.7. The number of hydrogen-bond donors (Lipinski definition) is 3. The molecule has 4 amide bonds. The highest BCUT2D eigenvalue weighted by Gasteiger charge is 2.64. The van der Waals surface area contributed by atoms with Crippen LogP contribution in [0.4, 0.5) is 10.5 Å². The fraction of sp³-hybridized carbons (Fsp3) is 0.605. The van der Waals surface area contributed by atoms with Crippen molar-refractivity contribution in [1.82, 2.24) is 15.5 Å². The quantitative estimate of drug-likeness (QED) is 0.0687. The number of rotatable bonds is 14. The van der Waals surface area contributed by atoms with E-state index in [4.69, 9.17) is 25.8 Å². The highest BCUT2D eigenvalue weighted by Crippen LogP contribution is 2.49. The maximum atomic E-state index is 14.2. The topological polar surface area (TPSA) is 201 Å². The number of fused-ring (bicyclic) bond motifs is 5. The Morgan fingerprint density at radius 3 is 2.59 bits per heavy atom. The Balaban J connectivity index is 1.60. The molecule has 8 atom stereocenters. The number of allylic oxidation sites excluding steroid dienone is 3. The van der Waals surface area contributed by atoms with Crippen LogP contribution >= 0.6 is 33.2 Å². The third-order valence-electron chi connectivity index (χ3n) is 11.6. The zero-order chi connectivity index (χ0) is 45.4. The van der Waals surface area contributed by atoms with Crippen molar-refractivity contribution in [2.75, 3.05) is 31.8 Å². The fourth-order valence-electron chi connectivity index (χ4n) is 7.39. The summed E-state index contributed by atoms with van der Waals surface area (Å²) < 4.78 is 17.7. The van der Waals surface area contributed by atoms with Crippen molar-refractivity contribution < 1.29 is 52.9 Å². The largest absolute Gasteiger partial charge is 0.457 e. The van der Waals surface area contributed by atoms with Crippen LogP contribution in [0.3, 0.4) is 0 Å². The first-order valence-corrected chi connectivity index (χ1v) is 23.0. The molecule has 336 valence electrons. The Hall–Kier alpha value is -3.90. The van der Waals surface area contributed by atoms with Crippen molar-refractivity contribution in [3.05, 3.63) is 52.1 Å². The van der Waals surface area contributed by atoms with E-state index < -0.39 is 71.9 Å². The van der Waals surface area contributed by atoms with E-state index in [9.17, 15) is 38.7 Å². The molecule has 0 aromatic heterocycles. The summed E-state index contributed by atoms with van der Waals surface area (Å²) >= 11 is 6.68. The van der Waals surface area contributed by atoms with E-state index in [0.29, 0.717) is 37.4 Å². The molecule has 3 N–H and O–H groups in total. The van der Waals surface area contributed by atoms with E-state index in [0.717, 1.165) is 17.7 Å². The number of aliphatic hydroxyl groups is 1. The zero-order valence-electron chi connectivity index (χ0n) is 36.3. The number of nitrogens with zero attached hydrogens (tertiary/aromatic N) is 2. The van der Waals surface area contributed by atoms with Gasteiger partial charge in [-0.25, -0.2) is 9.59 Å². The monoisotopic (exact) mass is 906 g/mol. The molecule has 3 aliphatic heterocycles. The first kappa shape index (κ1) is 49.8. The van der Waals surface area contributed by atoms with E-state index in [2.05, 4.69) is 10.6 Å². The molecule has 0 spiro atoms. The van der Waals surface area contributed by atoms with Gasteiger partial charge in [-0.2, -0.15) is 0 Å². The molecule has 1 aromatic rings. The van der Waals surface area contributed by atoms with Gasteiger partial charge in [0.2, 0.25) is 17.7 Å². The number of likely N-dealkylation sites (N-methyl/N-ethyl adjacent to an activating group) is 1. The second kappa shape index (κ2) is 21.0. The Kier molecular flexibility index (Phi) is 17.1. The molecular formula is C43H59ClN4O11S2. The van der Waals surface area contributed by atoms with Crippen molar-refractivity contribution in [1.29, 1.82) is 0 Å². The van der Waals surface area contributed by atoms with Gasteiger partial charge in [-0.05, 0) is 71.6 Å². The number of anilines is 1. The normalized spacial score (nSPS) is 28.7. The fourth-order valence-corrected chi connectivity index (χ4v) is 10.3. The van der Waals surface area contributed by atoms with Crippen LogP contribution < -0.4 is 15.5 Å². The number of nitrogens with one attached hydrogen (secondary N) is 2. The van der Waals surface area contributed by atoms with Crippen molar-refractivity contribution in [2.45, 2.75) is 127 Å². The van der Waals surface area contributed by atoms with Crippen LogP contribution in [0.25, 0.3) is 0 Å². The van der Waals surface area contributed by atoms with Crippen LogP contribution in [-0.4, -0.2) is 120 Å². The lowest BCUT2D eigenvalue weighted by atomic mass is 9.82. The number of carbonyl (C=O) groups is 7. The summed E-state index contributed by atoms with van der Waals surface area (Å²) in [5.41, 5.74) is -1.46. The van der Waals surface area contributed by atoms with Crippen molar-refractivity contribution >= 4 is 81.2 Å². The standard InChI is InChI=1S/C43H59ClN4O11S2/c1-25-12-10-13-30(24-50)43(56)22-32(57-40(55)46-43)26(2)38-42(6,59-38)33(21-36(53)48(9)31-20-28(18-25)19-29(23-49)37(31)44)58-39(54)27(3)47(8)35(52)15-16-41(4,5)61-60-17-11-14-34(51)45-7/h10,12-13,19-20,23-24,26-27,30,32-33,38,56H,11,14-18,21-22H2,1-9H3,(H,45,51)(H,46,55)/b13-10+,25-12+/t26-,27+,30+,32+,33+,38+,42+,43+/m1/s1. The van der Waals surface area contributed by atoms with Crippen molar-refractivity contribution in [3.8, 4) is 0 Å². The molecule has 2 fully saturated rings. The van der Waals surface area contributed by atoms with Gasteiger partial charge in [0.15, 0.2) is 12.0 Å². The molecule has 3 heterocycles. The van der Waals surface area contributed by atoms with Gasteiger partial charge in [0.05, 0.1) is 29.2 Å². The molecule has 61 heavy (non-hydrogen) atoms. The molecule has 0 saturated carbocycles. The molecule has 3 aliphatic rings. The van der Waals surface area contributed by atoms with Crippen molar-refractivity contribution in [2.24, 2.45) is 11.8 Å². The highest BCUT2D eigenvalue weighted by molar-refractivity contribution is 8.77. The molecule has 2 saturated heterocycles. The third kappa shape index (κ3) is 12.6. The van der Waals surface area contributed by atoms with Crippen LogP contribution in [-0.2, 0) is 44.6 Å². The first-order valence-electron chi connectivity index (χ1n) is 20.3. The van der Waals surface area contributed by atoms with Crippen LogP contribution in [0, 0.1) is 11.8 Å². The lowest BCUT2D eigenvalue weighted by Gasteiger charge is -2.41. The van der Waals surface area contributed by atoms with Gasteiger partial charge >= 0.3 is 12.1 Å². The van der Waals surface area contributed by atoms with E-state index in [1.165, 1.54) is 36.9 Å². The molecule has 0 aliphatic carbocycles. The smallest absolute Gasteiger partial charge is 0.409 e. The van der Waals surface area contributed by atoms with E-state index in [-0.39, 0.29) is 45.7 Å². The highest BCUT2D eigenvalue weighted by atomic mass is 35.5. The van der Waals surface area contributed by atoms with Gasteiger partial charge in [-0.1, -0.05) is 63.9 Å². The minimum atomic E-state index is -2.01. The summed E-state index contributed by atoms with van der Waals surface area (Å²) in [5.74, 6) is -2.61. The van der Waals surface area contributed by atoms with Crippen LogP contribution in [0.5, 0.6) is 0 Å². The number of amides is 4. The molecule has 4 bridgehead atoms. The molecule has 0 radical (unpaired) electrons. The molecule has 1 aromatic carbocycles. The summed E-state index contributed by atoms with van der Waals surface area (Å²) in [7, 11) is 7.89. The minimum absolute atomic E-state index is 0.00929. The second-order valence-corrected chi connectivity index (χ2v) is 20.4. The summed E-state index contributed by atoms with van der Waals surface area (Å²) in [6.07, 6.45) is 3.63. The Labute approximate surface area is 370 Å². The summed E-state index contributed by atoms with van der Waals surface area (Å²) in [5, 5.41) is 16.7.